The summed E-state index contributed by atoms with van der Waals surface area (Å²) < 4.78 is 5.83. The Kier molecular flexibility index (Phi) is 13.2. The fourth-order valence-corrected chi connectivity index (χ4v) is 4.54. The second-order valence-electron chi connectivity index (χ2n) is 9.75. The van der Waals surface area contributed by atoms with Crippen LogP contribution in [0.15, 0.2) is 78.9 Å². The first kappa shape index (κ1) is 28.9. The van der Waals surface area contributed by atoms with Crippen LogP contribution in [0.1, 0.15) is 66.9 Å². The van der Waals surface area contributed by atoms with Crippen molar-refractivity contribution in [1.29, 1.82) is 0 Å². The number of nitrogens with zero attached hydrogens (tertiary/aromatic N) is 1. The Morgan fingerprint density at radius 2 is 1.38 bits per heavy atom. The zero-order chi connectivity index (χ0) is 26.1. The largest absolute Gasteiger partial charge is 0.508 e. The fraction of sp³-hybridized carbons (Fsp3) is 0.438. The van der Waals surface area contributed by atoms with Crippen molar-refractivity contribution in [3.05, 3.63) is 101 Å². The van der Waals surface area contributed by atoms with Gasteiger partial charge in [-0.05, 0) is 67.5 Å². The molecule has 0 amide bonds. The number of aryl methyl sites for hydroxylation is 1. The molecule has 0 bridgehead atoms. The Morgan fingerprint density at radius 1 is 0.730 bits per heavy atom. The summed E-state index contributed by atoms with van der Waals surface area (Å²) in [6.07, 6.45) is 7.12. The number of hydrogen-bond donors (Lipinski definition) is 3. The molecule has 5 heteroatoms. The van der Waals surface area contributed by atoms with Crippen LogP contribution in [-0.4, -0.2) is 46.5 Å². The molecule has 0 saturated carbocycles. The fourth-order valence-electron chi connectivity index (χ4n) is 4.54. The summed E-state index contributed by atoms with van der Waals surface area (Å²) in [7, 11) is 0. The maximum atomic E-state index is 10.9. The summed E-state index contributed by atoms with van der Waals surface area (Å²) in [5.41, 5.74) is 3.76. The number of aromatic hydroxyl groups is 1. The van der Waals surface area contributed by atoms with Gasteiger partial charge in [-0.2, -0.15) is 0 Å². The first-order chi connectivity index (χ1) is 18.2. The highest BCUT2D eigenvalue weighted by Gasteiger charge is 2.15. The molecule has 0 aromatic heterocycles. The molecule has 3 rings (SSSR count). The molecule has 0 saturated heterocycles. The van der Waals surface area contributed by atoms with Crippen LogP contribution in [0, 0.1) is 0 Å². The van der Waals surface area contributed by atoms with Gasteiger partial charge in [-0.3, -0.25) is 4.90 Å². The summed E-state index contributed by atoms with van der Waals surface area (Å²) in [5.74, 6) is 0.0516. The van der Waals surface area contributed by atoms with E-state index in [0.29, 0.717) is 17.7 Å². The van der Waals surface area contributed by atoms with E-state index in [9.17, 15) is 15.3 Å². The molecule has 200 valence electrons. The number of aliphatic hydroxyl groups is 2. The van der Waals surface area contributed by atoms with Gasteiger partial charge in [0.15, 0.2) is 0 Å². The number of benzene rings is 3. The first-order valence-corrected chi connectivity index (χ1v) is 13.6. The van der Waals surface area contributed by atoms with Gasteiger partial charge >= 0.3 is 0 Å². The Hall–Kier alpha value is -2.70. The lowest BCUT2D eigenvalue weighted by atomic mass is 10.0. The Bertz CT molecular complexity index is 996. The SMILES string of the molecule is OCc1cc(C(O)CN(CCCCCCOCCCCc2ccccc2)Cc2ccccc2)ccc1O. The van der Waals surface area contributed by atoms with Crippen LogP contribution in [-0.2, 0) is 24.3 Å². The summed E-state index contributed by atoms with van der Waals surface area (Å²) >= 11 is 0. The van der Waals surface area contributed by atoms with E-state index in [1.165, 1.54) is 23.6 Å². The van der Waals surface area contributed by atoms with Crippen molar-refractivity contribution in [1.82, 2.24) is 4.90 Å². The highest BCUT2D eigenvalue weighted by Crippen LogP contribution is 2.24. The van der Waals surface area contributed by atoms with Crippen LogP contribution in [0.4, 0.5) is 0 Å². The van der Waals surface area contributed by atoms with Gasteiger partial charge in [0, 0.05) is 31.9 Å². The maximum Gasteiger partial charge on any atom is 0.121 e. The molecule has 0 spiro atoms. The summed E-state index contributed by atoms with van der Waals surface area (Å²) in [6.45, 7) is 3.58. The van der Waals surface area contributed by atoms with Gasteiger partial charge in [0.2, 0.25) is 0 Å². The molecular formula is C32H43NO4. The van der Waals surface area contributed by atoms with Gasteiger partial charge in [0.05, 0.1) is 12.7 Å². The van der Waals surface area contributed by atoms with E-state index in [1.807, 2.05) is 18.2 Å². The molecule has 3 aromatic carbocycles. The van der Waals surface area contributed by atoms with Gasteiger partial charge in [0.1, 0.15) is 5.75 Å². The number of unbranched alkanes of at least 4 members (excludes halogenated alkanes) is 4. The Balaban J connectivity index is 1.34. The number of hydrogen-bond acceptors (Lipinski definition) is 5. The lowest BCUT2D eigenvalue weighted by Gasteiger charge is -2.26. The molecule has 0 heterocycles. The molecular weight excluding hydrogens is 462 g/mol. The van der Waals surface area contributed by atoms with E-state index >= 15 is 0 Å². The van der Waals surface area contributed by atoms with Gasteiger partial charge in [0.25, 0.3) is 0 Å². The second kappa shape index (κ2) is 16.9. The molecule has 5 nitrogen and oxygen atoms in total. The molecule has 0 radical (unpaired) electrons. The first-order valence-electron chi connectivity index (χ1n) is 13.6. The van der Waals surface area contributed by atoms with E-state index in [2.05, 4.69) is 47.4 Å². The molecule has 0 fully saturated rings. The van der Waals surface area contributed by atoms with E-state index in [1.54, 1.807) is 12.1 Å². The molecule has 1 atom stereocenters. The lowest BCUT2D eigenvalue weighted by molar-refractivity contribution is 0.106. The van der Waals surface area contributed by atoms with E-state index in [4.69, 9.17) is 4.74 Å². The molecule has 3 aromatic rings. The van der Waals surface area contributed by atoms with Crippen LogP contribution < -0.4 is 0 Å². The minimum absolute atomic E-state index is 0.0516. The van der Waals surface area contributed by atoms with E-state index in [-0.39, 0.29) is 12.4 Å². The van der Waals surface area contributed by atoms with Crippen molar-refractivity contribution in [3.63, 3.8) is 0 Å². The maximum absolute atomic E-state index is 10.9. The van der Waals surface area contributed by atoms with Crippen molar-refractivity contribution in [2.75, 3.05) is 26.3 Å². The van der Waals surface area contributed by atoms with Crippen LogP contribution in [0.5, 0.6) is 5.75 Å². The monoisotopic (exact) mass is 505 g/mol. The smallest absolute Gasteiger partial charge is 0.121 e. The van der Waals surface area contributed by atoms with Crippen LogP contribution in [0.25, 0.3) is 0 Å². The Labute approximate surface area is 222 Å². The predicted octanol–water partition coefficient (Wildman–Crippen LogP) is 6.02. The van der Waals surface area contributed by atoms with Crippen molar-refractivity contribution in [2.24, 2.45) is 0 Å². The standard InChI is InChI=1S/C32H43NO4/c34-26-30-23-29(18-19-31(30)35)32(36)25-33(24-28-16-7-4-8-17-28)20-10-1-2-11-21-37-22-12-9-15-27-13-5-3-6-14-27/h3-8,13-14,16-19,23,32,34-36H,1-2,9-12,15,20-22,24-26H2. The van der Waals surface area contributed by atoms with Gasteiger partial charge in [-0.15, -0.1) is 0 Å². The van der Waals surface area contributed by atoms with Crippen LogP contribution in [0.3, 0.4) is 0 Å². The predicted molar refractivity (Wildman–Crippen MR) is 149 cm³/mol. The average Bonchev–Trinajstić information content (AvgIpc) is 2.93. The molecule has 3 N–H and O–H groups in total. The highest BCUT2D eigenvalue weighted by molar-refractivity contribution is 5.36. The molecule has 37 heavy (non-hydrogen) atoms. The van der Waals surface area contributed by atoms with Crippen molar-refractivity contribution in [3.8, 4) is 5.75 Å². The van der Waals surface area contributed by atoms with Gasteiger partial charge < -0.3 is 20.1 Å². The second-order valence-corrected chi connectivity index (χ2v) is 9.75. The average molecular weight is 506 g/mol. The molecule has 0 aliphatic carbocycles. The van der Waals surface area contributed by atoms with Gasteiger partial charge in [-0.1, -0.05) is 79.6 Å². The molecule has 1 unspecified atom stereocenters. The minimum atomic E-state index is -0.690. The minimum Gasteiger partial charge on any atom is -0.508 e. The van der Waals surface area contributed by atoms with Crippen LogP contribution in [0.2, 0.25) is 0 Å². The molecule has 0 aliphatic rings. The third kappa shape index (κ3) is 11.1. The third-order valence-electron chi connectivity index (χ3n) is 6.70. The number of phenols is 1. The summed E-state index contributed by atoms with van der Waals surface area (Å²) in [5, 5.41) is 30.2. The lowest BCUT2D eigenvalue weighted by Crippen LogP contribution is -2.29. The third-order valence-corrected chi connectivity index (χ3v) is 6.70. The summed E-state index contributed by atoms with van der Waals surface area (Å²) in [6, 6.07) is 25.9. The van der Waals surface area contributed by atoms with E-state index < -0.39 is 6.10 Å². The highest BCUT2D eigenvalue weighted by atomic mass is 16.5. The number of ether oxygens (including phenoxy) is 1. The Morgan fingerprint density at radius 3 is 2.08 bits per heavy atom. The topological polar surface area (TPSA) is 73.2 Å². The number of aliphatic hydroxyl groups excluding tert-OH is 2. The zero-order valence-corrected chi connectivity index (χ0v) is 22.0. The van der Waals surface area contributed by atoms with Crippen molar-refractivity contribution >= 4 is 0 Å². The van der Waals surface area contributed by atoms with Crippen LogP contribution >= 0.6 is 0 Å². The molecule has 0 aliphatic heterocycles. The van der Waals surface area contributed by atoms with E-state index in [0.717, 1.165) is 64.8 Å². The van der Waals surface area contributed by atoms with Crippen molar-refractivity contribution in [2.45, 2.75) is 64.2 Å². The van der Waals surface area contributed by atoms with Crippen molar-refractivity contribution < 1.29 is 20.1 Å². The normalized spacial score (nSPS) is 12.2. The zero-order valence-electron chi connectivity index (χ0n) is 22.0. The quantitative estimate of drug-likeness (QED) is 0.184. The van der Waals surface area contributed by atoms with Gasteiger partial charge in [-0.25, -0.2) is 0 Å². The number of rotatable bonds is 18. The summed E-state index contributed by atoms with van der Waals surface area (Å²) in [4.78, 5) is 2.29.